The van der Waals surface area contributed by atoms with Crippen LogP contribution in [0.25, 0.3) is 0 Å². The number of carbonyl (C=O) groups excluding carboxylic acids is 2. The van der Waals surface area contributed by atoms with Crippen LogP contribution in [0.5, 0.6) is 5.75 Å². The lowest BCUT2D eigenvalue weighted by Crippen LogP contribution is -2.32. The first-order valence-electron chi connectivity index (χ1n) is 7.48. The third-order valence-electron chi connectivity index (χ3n) is 3.45. The molecule has 0 aromatic heterocycles. The lowest BCUT2D eigenvalue weighted by Gasteiger charge is -2.23. The number of hydrogen-bond acceptors (Lipinski definition) is 3. The number of benzene rings is 2. The minimum absolute atomic E-state index is 0.154. The molecule has 0 spiro atoms. The first-order chi connectivity index (χ1) is 11.5. The van der Waals surface area contributed by atoms with Gasteiger partial charge in [-0.2, -0.15) is 0 Å². The predicted molar refractivity (Wildman–Crippen MR) is 95.7 cm³/mol. The molecule has 0 heterocycles. The smallest absolute Gasteiger partial charge is 0.226 e. The second kappa shape index (κ2) is 8.36. The minimum Gasteiger partial charge on any atom is -0.495 e. The molecular formula is C18H19ClN2O3. The Morgan fingerprint density at radius 2 is 1.79 bits per heavy atom. The maximum atomic E-state index is 12.1. The summed E-state index contributed by atoms with van der Waals surface area (Å²) in [6, 6.07) is 14.1. The van der Waals surface area contributed by atoms with Crippen LogP contribution in [0.3, 0.4) is 0 Å². The molecule has 0 bridgehead atoms. The van der Waals surface area contributed by atoms with Gasteiger partial charge < -0.3 is 15.0 Å². The Balaban J connectivity index is 2.02. The highest BCUT2D eigenvalue weighted by Crippen LogP contribution is 2.27. The van der Waals surface area contributed by atoms with Crippen LogP contribution < -0.4 is 15.0 Å². The first-order valence-corrected chi connectivity index (χ1v) is 7.85. The number of nitrogens with zero attached hydrogens (tertiary/aromatic N) is 1. The van der Waals surface area contributed by atoms with E-state index in [-0.39, 0.29) is 24.8 Å². The van der Waals surface area contributed by atoms with Gasteiger partial charge in [0.2, 0.25) is 11.8 Å². The van der Waals surface area contributed by atoms with E-state index in [2.05, 4.69) is 5.32 Å². The van der Waals surface area contributed by atoms with Gasteiger partial charge in [-0.25, -0.2) is 0 Å². The summed E-state index contributed by atoms with van der Waals surface area (Å²) in [5.41, 5.74) is 1.31. The van der Waals surface area contributed by atoms with Crippen LogP contribution in [0, 0.1) is 0 Å². The average molecular weight is 347 g/mol. The molecule has 0 unspecified atom stereocenters. The van der Waals surface area contributed by atoms with Gasteiger partial charge in [0.05, 0.1) is 12.8 Å². The molecule has 2 aromatic rings. The van der Waals surface area contributed by atoms with Gasteiger partial charge >= 0.3 is 0 Å². The van der Waals surface area contributed by atoms with Gasteiger partial charge in [0.15, 0.2) is 0 Å². The van der Waals surface area contributed by atoms with E-state index < -0.39 is 0 Å². The zero-order valence-corrected chi connectivity index (χ0v) is 14.3. The van der Waals surface area contributed by atoms with Gasteiger partial charge in [0.25, 0.3) is 0 Å². The zero-order chi connectivity index (χ0) is 17.5. The van der Waals surface area contributed by atoms with Crippen molar-refractivity contribution in [1.29, 1.82) is 0 Å². The maximum Gasteiger partial charge on any atom is 0.226 e. The molecule has 0 aliphatic heterocycles. The average Bonchev–Trinajstić information content (AvgIpc) is 2.57. The van der Waals surface area contributed by atoms with Crippen molar-refractivity contribution in [2.45, 2.75) is 13.3 Å². The number of ether oxygens (including phenoxy) is 1. The van der Waals surface area contributed by atoms with Gasteiger partial charge in [-0.1, -0.05) is 23.7 Å². The molecule has 2 amide bonds. The molecule has 24 heavy (non-hydrogen) atoms. The fourth-order valence-electron chi connectivity index (χ4n) is 2.27. The third kappa shape index (κ3) is 4.73. The molecule has 1 N–H and O–H groups in total. The summed E-state index contributed by atoms with van der Waals surface area (Å²) in [4.78, 5) is 25.6. The Morgan fingerprint density at radius 1 is 1.12 bits per heavy atom. The lowest BCUT2D eigenvalue weighted by atomic mass is 10.2. The predicted octanol–water partition coefficient (Wildman–Crippen LogP) is 3.73. The maximum absolute atomic E-state index is 12.1. The minimum atomic E-state index is -0.182. The number of rotatable bonds is 6. The highest BCUT2D eigenvalue weighted by atomic mass is 35.5. The van der Waals surface area contributed by atoms with E-state index in [0.717, 1.165) is 0 Å². The molecule has 126 valence electrons. The van der Waals surface area contributed by atoms with Crippen molar-refractivity contribution in [1.82, 2.24) is 0 Å². The number of anilines is 2. The highest BCUT2D eigenvalue weighted by molar-refractivity contribution is 6.30. The van der Waals surface area contributed by atoms with E-state index in [9.17, 15) is 9.59 Å². The molecule has 0 atom stereocenters. The van der Waals surface area contributed by atoms with Crippen molar-refractivity contribution in [2.24, 2.45) is 0 Å². The van der Waals surface area contributed by atoms with Gasteiger partial charge in [0.1, 0.15) is 5.75 Å². The van der Waals surface area contributed by atoms with E-state index in [1.807, 2.05) is 12.1 Å². The summed E-state index contributed by atoms with van der Waals surface area (Å²) >= 11 is 5.81. The number of halogens is 1. The highest BCUT2D eigenvalue weighted by Gasteiger charge is 2.17. The van der Waals surface area contributed by atoms with Crippen LogP contribution in [0.1, 0.15) is 13.3 Å². The number of para-hydroxylation sites is 2. The molecule has 0 saturated carbocycles. The van der Waals surface area contributed by atoms with Crippen molar-refractivity contribution in [3.8, 4) is 5.75 Å². The summed E-state index contributed by atoms with van der Waals surface area (Å²) in [5, 5.41) is 3.38. The first kappa shape index (κ1) is 17.8. The Morgan fingerprint density at radius 3 is 2.42 bits per heavy atom. The van der Waals surface area contributed by atoms with Crippen LogP contribution in [0.4, 0.5) is 11.4 Å². The topological polar surface area (TPSA) is 58.6 Å². The fourth-order valence-corrected chi connectivity index (χ4v) is 2.40. The molecule has 0 radical (unpaired) electrons. The molecule has 0 aliphatic rings. The number of hydrogen-bond donors (Lipinski definition) is 1. The Kier molecular flexibility index (Phi) is 6.21. The van der Waals surface area contributed by atoms with Crippen LogP contribution in [0.15, 0.2) is 48.5 Å². The molecule has 6 heteroatoms. The summed E-state index contributed by atoms with van der Waals surface area (Å²) in [6.45, 7) is 1.72. The standard InChI is InChI=1S/C18H19ClN2O3/c1-13(22)21(16-5-3-4-6-17(16)24-2)12-11-18(23)20-15-9-7-14(19)8-10-15/h3-10H,11-12H2,1-2H3,(H,20,23). The summed E-state index contributed by atoms with van der Waals surface area (Å²) < 4.78 is 5.28. The van der Waals surface area contributed by atoms with E-state index in [1.165, 1.54) is 11.8 Å². The Bertz CT molecular complexity index is 716. The number of amides is 2. The summed E-state index contributed by atoms with van der Waals surface area (Å²) in [5.74, 6) is 0.253. The van der Waals surface area contributed by atoms with E-state index >= 15 is 0 Å². The van der Waals surface area contributed by atoms with Crippen molar-refractivity contribution in [3.05, 3.63) is 53.6 Å². The van der Waals surface area contributed by atoms with Crippen LogP contribution in [-0.2, 0) is 9.59 Å². The second-order valence-corrected chi connectivity index (χ2v) is 5.58. The van der Waals surface area contributed by atoms with Gasteiger partial charge in [-0.05, 0) is 36.4 Å². The molecule has 0 fully saturated rings. The fraction of sp³-hybridized carbons (Fsp3) is 0.222. The van der Waals surface area contributed by atoms with Crippen molar-refractivity contribution in [2.75, 3.05) is 23.9 Å². The number of methoxy groups -OCH3 is 1. The monoisotopic (exact) mass is 346 g/mol. The molecule has 5 nitrogen and oxygen atoms in total. The molecule has 2 rings (SSSR count). The summed E-state index contributed by atoms with van der Waals surface area (Å²) in [7, 11) is 1.55. The lowest BCUT2D eigenvalue weighted by molar-refractivity contribution is -0.117. The second-order valence-electron chi connectivity index (χ2n) is 5.15. The number of nitrogens with one attached hydrogen (secondary N) is 1. The largest absolute Gasteiger partial charge is 0.495 e. The quantitative estimate of drug-likeness (QED) is 0.867. The van der Waals surface area contributed by atoms with Crippen molar-refractivity contribution < 1.29 is 14.3 Å². The van der Waals surface area contributed by atoms with E-state index in [1.54, 1.807) is 43.5 Å². The molecule has 0 aliphatic carbocycles. The Labute approximate surface area is 146 Å². The molecular weight excluding hydrogens is 328 g/mol. The molecule has 0 saturated heterocycles. The molecule has 2 aromatic carbocycles. The van der Waals surface area contributed by atoms with E-state index in [0.29, 0.717) is 22.1 Å². The van der Waals surface area contributed by atoms with Crippen molar-refractivity contribution in [3.63, 3.8) is 0 Å². The Hall–Kier alpha value is -2.53. The van der Waals surface area contributed by atoms with Crippen LogP contribution in [-0.4, -0.2) is 25.5 Å². The van der Waals surface area contributed by atoms with Crippen LogP contribution in [0.2, 0.25) is 5.02 Å². The van der Waals surface area contributed by atoms with Crippen LogP contribution >= 0.6 is 11.6 Å². The summed E-state index contributed by atoms with van der Waals surface area (Å²) in [6.07, 6.45) is 0.167. The zero-order valence-electron chi connectivity index (χ0n) is 13.6. The SMILES string of the molecule is COc1ccccc1N(CCC(=O)Nc1ccc(Cl)cc1)C(C)=O. The van der Waals surface area contributed by atoms with Gasteiger partial charge in [-0.15, -0.1) is 0 Å². The normalized spacial score (nSPS) is 10.1. The van der Waals surface area contributed by atoms with Crippen molar-refractivity contribution >= 4 is 34.8 Å². The number of carbonyl (C=O) groups is 2. The third-order valence-corrected chi connectivity index (χ3v) is 3.70. The van der Waals surface area contributed by atoms with Gasteiger partial charge in [0, 0.05) is 30.6 Å². The van der Waals surface area contributed by atoms with Gasteiger partial charge in [-0.3, -0.25) is 9.59 Å². The van der Waals surface area contributed by atoms with E-state index in [4.69, 9.17) is 16.3 Å².